The predicted molar refractivity (Wildman–Crippen MR) is 267 cm³/mol. The molecule has 0 atom stereocenters. The van der Waals surface area contributed by atoms with Crippen LogP contribution in [0.5, 0.6) is 0 Å². The monoisotopic (exact) mass is 825 g/mol. The van der Waals surface area contributed by atoms with Gasteiger partial charge in [-0.25, -0.2) is 4.98 Å². The zero-order valence-electron chi connectivity index (χ0n) is 35.8. The molecule has 63 heavy (non-hydrogen) atoms. The highest BCUT2D eigenvalue weighted by atomic mass is 32.1. The van der Waals surface area contributed by atoms with Crippen molar-refractivity contribution in [2.75, 3.05) is 0 Å². The summed E-state index contributed by atoms with van der Waals surface area (Å²) in [4.78, 5) is 6.08. The summed E-state index contributed by atoms with van der Waals surface area (Å²) in [6.45, 7) is 0. The van der Waals surface area contributed by atoms with E-state index in [0.29, 0.717) is 0 Å². The Morgan fingerprint density at radius 2 is 0.746 bits per heavy atom. The molecule has 2 nitrogen and oxygen atoms in total. The van der Waals surface area contributed by atoms with Gasteiger partial charge in [0.2, 0.25) is 0 Å². The number of hydrogen-bond donors (Lipinski definition) is 0. The van der Waals surface area contributed by atoms with Crippen LogP contribution in [-0.2, 0) is 0 Å². The van der Waals surface area contributed by atoms with E-state index in [-0.39, 0.29) is 0 Å². The second-order valence-electron chi connectivity index (χ2n) is 16.6. The third-order valence-corrected chi connectivity index (χ3v) is 14.0. The van der Waals surface area contributed by atoms with Crippen LogP contribution in [0, 0.1) is 0 Å². The van der Waals surface area contributed by atoms with Crippen LogP contribution < -0.4 is 0 Å². The Kier molecular flexibility index (Phi) is 9.14. The average molecular weight is 826 g/mol. The number of nitrogens with zero attached hydrogens (tertiary/aromatic N) is 2. The van der Waals surface area contributed by atoms with Crippen molar-refractivity contribution < 1.29 is 1.37 Å². The van der Waals surface area contributed by atoms with Gasteiger partial charge < -0.3 is 0 Å². The zero-order valence-corrected chi connectivity index (χ0v) is 35.7. The van der Waals surface area contributed by atoms with E-state index in [9.17, 15) is 1.37 Å². The molecule has 2 heterocycles. The Hall–Kier alpha value is -7.33. The maximum Gasteiger partial charge on any atom is 0.195 e. The average Bonchev–Trinajstić information content (AvgIpc) is 4.08. The van der Waals surface area contributed by atoms with Crippen molar-refractivity contribution in [2.45, 2.75) is 31.6 Å². The minimum atomic E-state index is -0.639. The number of hydrogen-bond acceptors (Lipinski definition) is 2. The molecule has 0 unspecified atom stereocenters. The second-order valence-corrected chi connectivity index (χ2v) is 17.6. The first-order valence-corrected chi connectivity index (χ1v) is 22.9. The van der Waals surface area contributed by atoms with Crippen LogP contribution in [0.25, 0.3) is 104 Å². The van der Waals surface area contributed by atoms with E-state index in [4.69, 9.17) is 4.98 Å². The van der Waals surface area contributed by atoms with E-state index in [1.165, 1.54) is 60.3 Å². The first-order valence-electron chi connectivity index (χ1n) is 22.6. The minimum absolute atomic E-state index is 0.639. The molecule has 0 spiro atoms. The fraction of sp³-hybridized carbons (Fsp3) is 0.0833. The lowest BCUT2D eigenvalue weighted by Gasteiger charge is -2.29. The number of para-hydroxylation sites is 2. The Labute approximate surface area is 373 Å². The first kappa shape index (κ1) is 36.3. The Morgan fingerprint density at radius 1 is 0.381 bits per heavy atom. The normalized spacial score (nSPS) is 13.8. The van der Waals surface area contributed by atoms with Gasteiger partial charge in [-0.3, -0.25) is 4.40 Å². The molecule has 0 amide bonds. The fourth-order valence-corrected chi connectivity index (χ4v) is 11.4. The van der Waals surface area contributed by atoms with Gasteiger partial charge in [0.1, 0.15) is 0 Å². The van der Waals surface area contributed by atoms with Gasteiger partial charge in [-0.05, 0) is 115 Å². The lowest BCUT2D eigenvalue weighted by atomic mass is 9.74. The largest absolute Gasteiger partial charge is 0.283 e. The Bertz CT molecular complexity index is 3360. The van der Waals surface area contributed by atoms with E-state index in [2.05, 4.69) is 217 Å². The summed E-state index contributed by atoms with van der Waals surface area (Å²) in [6, 6.07) is 77.1. The van der Waals surface area contributed by atoms with Crippen LogP contribution in [0.3, 0.4) is 0 Å². The number of imidazole rings is 1. The van der Waals surface area contributed by atoms with Crippen molar-refractivity contribution in [2.24, 2.45) is 0 Å². The van der Waals surface area contributed by atoms with Gasteiger partial charge >= 0.3 is 0 Å². The van der Waals surface area contributed by atoms with Crippen LogP contribution in [0.4, 0.5) is 0 Å². The van der Waals surface area contributed by atoms with Crippen molar-refractivity contribution >= 4 is 37.5 Å². The Balaban J connectivity index is 1.20. The van der Waals surface area contributed by atoms with Gasteiger partial charge in [-0.1, -0.05) is 218 Å². The molecule has 2 aromatic heterocycles. The molecule has 0 N–H and O–H groups in total. The minimum Gasteiger partial charge on any atom is -0.283 e. The van der Waals surface area contributed by atoms with Gasteiger partial charge in [-0.15, -0.1) is 0 Å². The molecule has 300 valence electrons. The fourth-order valence-electron chi connectivity index (χ4n) is 10.2. The smallest absolute Gasteiger partial charge is 0.195 e. The molecular weight excluding hydrogens is 781 g/mol. The zero-order chi connectivity index (χ0) is 42.6. The van der Waals surface area contributed by atoms with Gasteiger partial charge in [0.15, 0.2) is 4.96 Å². The van der Waals surface area contributed by atoms with Gasteiger partial charge in [-0.2, -0.15) is 0 Å². The van der Waals surface area contributed by atoms with E-state index < -0.39 is 5.89 Å². The standard InChI is InChI=1S/C60H44N2S/c1-6-22-41(23-7-1)53-54(42-24-8-2-9-25-42)56(44-28-12-4-13-29-44)58(57(45-30-14-5-15-31-45)55(53)43-26-10-3-11-27-43)47-36-34-46(35-37-47)52-48(40-20-16-17-21-40)38-39-51-59(52)63-60-61-49-32-18-19-33-50(49)62(51)60/h1-15,18-19,22-40H,16-17,20-21H2/i40D. The van der Waals surface area contributed by atoms with E-state index in [1.54, 1.807) is 11.3 Å². The summed E-state index contributed by atoms with van der Waals surface area (Å²) >= 11 is 1.75. The molecule has 1 aliphatic carbocycles. The summed E-state index contributed by atoms with van der Waals surface area (Å²) in [7, 11) is 0. The highest BCUT2D eigenvalue weighted by Gasteiger charge is 2.30. The summed E-state index contributed by atoms with van der Waals surface area (Å²) in [5, 5.41) is 0. The van der Waals surface area contributed by atoms with Gasteiger partial charge in [0.25, 0.3) is 0 Å². The molecular formula is C60H44N2S. The van der Waals surface area contributed by atoms with Crippen LogP contribution >= 0.6 is 11.3 Å². The third-order valence-electron chi connectivity index (χ3n) is 13.0. The SMILES string of the molecule is [2H]C1(c2ccc3c(sc4nc5ccccc5n43)c2-c2ccc(-c3c(-c4ccccc4)c(-c4ccccc4)c(-c4ccccc4)c(-c4ccccc4)c3-c3ccccc3)cc2)CCCC1. The van der Waals surface area contributed by atoms with Crippen LogP contribution in [-0.4, -0.2) is 9.38 Å². The molecule has 1 aliphatic rings. The van der Waals surface area contributed by atoms with Crippen LogP contribution in [0.15, 0.2) is 212 Å². The summed E-state index contributed by atoms with van der Waals surface area (Å²) in [6.07, 6.45) is 3.90. The molecule has 1 fully saturated rings. The molecule has 0 saturated heterocycles. The van der Waals surface area contributed by atoms with Crippen LogP contribution in [0.2, 0.25) is 0 Å². The summed E-state index contributed by atoms with van der Waals surface area (Å²) < 4.78 is 13.4. The molecule has 0 bridgehead atoms. The van der Waals surface area contributed by atoms with E-state index >= 15 is 0 Å². The van der Waals surface area contributed by atoms with Crippen molar-refractivity contribution in [1.82, 2.24) is 9.38 Å². The van der Waals surface area contributed by atoms with E-state index in [0.717, 1.165) is 75.0 Å². The number of rotatable bonds is 8. The lowest BCUT2D eigenvalue weighted by molar-refractivity contribution is 0.726. The number of thiazole rings is 1. The number of aromatic nitrogens is 2. The molecule has 3 heteroatoms. The van der Waals surface area contributed by atoms with Crippen molar-refractivity contribution in [1.29, 1.82) is 0 Å². The molecule has 1 saturated carbocycles. The van der Waals surface area contributed by atoms with Crippen molar-refractivity contribution in [3.05, 3.63) is 218 Å². The highest BCUT2D eigenvalue weighted by molar-refractivity contribution is 7.24. The second kappa shape index (κ2) is 15.9. The molecule has 0 aliphatic heterocycles. The summed E-state index contributed by atoms with van der Waals surface area (Å²) in [5.41, 5.74) is 20.8. The summed E-state index contributed by atoms with van der Waals surface area (Å²) in [5.74, 6) is -0.639. The first-order chi connectivity index (χ1) is 31.6. The quantitative estimate of drug-likeness (QED) is 0.149. The molecule has 9 aromatic carbocycles. The van der Waals surface area contributed by atoms with Crippen molar-refractivity contribution in [3.63, 3.8) is 0 Å². The highest BCUT2D eigenvalue weighted by Crippen LogP contribution is 2.56. The van der Waals surface area contributed by atoms with E-state index in [1.807, 2.05) is 0 Å². The maximum atomic E-state index is 9.92. The van der Waals surface area contributed by atoms with Crippen LogP contribution in [0.1, 0.15) is 38.5 Å². The predicted octanol–water partition coefficient (Wildman–Crippen LogP) is 17.0. The number of benzene rings is 9. The molecule has 0 radical (unpaired) electrons. The van der Waals surface area contributed by atoms with Gasteiger partial charge in [0, 0.05) is 6.93 Å². The Morgan fingerprint density at radius 3 is 1.17 bits per heavy atom. The molecule has 11 aromatic rings. The topological polar surface area (TPSA) is 17.3 Å². The lowest BCUT2D eigenvalue weighted by Crippen LogP contribution is -2.02. The van der Waals surface area contributed by atoms with Crippen molar-refractivity contribution in [3.8, 4) is 77.9 Å². The maximum absolute atomic E-state index is 9.92. The molecule has 12 rings (SSSR count). The van der Waals surface area contributed by atoms with Gasteiger partial charge in [0.05, 0.1) is 21.3 Å². The third kappa shape index (κ3) is 6.42. The number of fused-ring (bicyclic) bond motifs is 5.